The van der Waals surface area contributed by atoms with Crippen LogP contribution in [0, 0.1) is 0 Å². The maximum Gasteiger partial charge on any atom is 0.0965 e. The van der Waals surface area contributed by atoms with Crippen molar-refractivity contribution in [1.82, 2.24) is 10.3 Å². The normalized spacial score (nSPS) is 14.7. The molecule has 1 aromatic heterocycles. The molecule has 2 aromatic rings. The van der Waals surface area contributed by atoms with Gasteiger partial charge in [-0.25, -0.2) is 4.98 Å². The van der Waals surface area contributed by atoms with Gasteiger partial charge in [-0.2, -0.15) is 0 Å². The summed E-state index contributed by atoms with van der Waals surface area (Å²) in [5, 5.41) is 8.87. The third kappa shape index (κ3) is 5.13. The lowest BCUT2D eigenvalue weighted by Crippen LogP contribution is -2.16. The number of fused-ring (bicyclic) bond motifs is 1. The highest BCUT2D eigenvalue weighted by Gasteiger charge is 2.15. The van der Waals surface area contributed by atoms with Crippen LogP contribution in [-0.2, 0) is 19.4 Å². The number of benzene rings is 1. The molecule has 0 radical (unpaired) electrons. The molecule has 0 bridgehead atoms. The summed E-state index contributed by atoms with van der Waals surface area (Å²) >= 11 is 8.26. The molecule has 0 spiro atoms. The Balaban J connectivity index is 1.71. The van der Waals surface area contributed by atoms with Crippen molar-refractivity contribution in [2.75, 3.05) is 18.4 Å². The predicted octanol–water partition coefficient (Wildman–Crippen LogP) is 4.93. The molecule has 0 amide bonds. The molecule has 2 heterocycles. The van der Waals surface area contributed by atoms with Gasteiger partial charge in [-0.15, -0.1) is 11.8 Å². The van der Waals surface area contributed by atoms with Crippen molar-refractivity contribution in [3.8, 4) is 0 Å². The Morgan fingerprint density at radius 1 is 1.16 bits per heavy atom. The molecule has 1 aromatic carbocycles. The van der Waals surface area contributed by atoms with E-state index in [0.717, 1.165) is 48.2 Å². The summed E-state index contributed by atoms with van der Waals surface area (Å²) in [6.07, 6.45) is 4.03. The third-order valence-electron chi connectivity index (χ3n) is 4.16. The van der Waals surface area contributed by atoms with Gasteiger partial charge in [0.15, 0.2) is 0 Å². The summed E-state index contributed by atoms with van der Waals surface area (Å²) in [7, 11) is 0. The molecule has 3 rings (SSSR count). The van der Waals surface area contributed by atoms with E-state index in [1.54, 1.807) is 11.8 Å². The van der Waals surface area contributed by atoms with E-state index in [2.05, 4.69) is 54.6 Å². The Labute approximate surface area is 160 Å². The van der Waals surface area contributed by atoms with Gasteiger partial charge in [0.05, 0.1) is 15.7 Å². The standard InChI is InChI=1S/C20H26ClN3S/c1-20(2,3)25-18-7-4-14(12-23-18)13-24-19-16-9-11-22-10-8-15(16)5-6-17(19)21/h4-7,12,22,24H,8-11,13H2,1-3H3. The van der Waals surface area contributed by atoms with Crippen molar-refractivity contribution >= 4 is 29.1 Å². The number of halogens is 1. The van der Waals surface area contributed by atoms with Crippen LogP contribution in [0.2, 0.25) is 5.02 Å². The second-order valence-corrected chi connectivity index (χ2v) is 9.64. The third-order valence-corrected chi connectivity index (χ3v) is 5.54. The van der Waals surface area contributed by atoms with Crippen LogP contribution in [0.4, 0.5) is 5.69 Å². The number of hydrogen-bond donors (Lipinski definition) is 2. The molecule has 0 unspecified atom stereocenters. The van der Waals surface area contributed by atoms with Crippen molar-refractivity contribution < 1.29 is 0 Å². The van der Waals surface area contributed by atoms with E-state index >= 15 is 0 Å². The van der Waals surface area contributed by atoms with Gasteiger partial charge in [0.1, 0.15) is 0 Å². The molecule has 1 aliphatic rings. The fourth-order valence-corrected chi connectivity index (χ4v) is 4.13. The van der Waals surface area contributed by atoms with E-state index in [4.69, 9.17) is 11.6 Å². The first-order valence-corrected chi connectivity index (χ1v) is 10.0. The lowest BCUT2D eigenvalue weighted by Gasteiger charge is -2.17. The van der Waals surface area contributed by atoms with Gasteiger partial charge in [0.25, 0.3) is 0 Å². The molecule has 0 fully saturated rings. The highest BCUT2D eigenvalue weighted by molar-refractivity contribution is 8.00. The van der Waals surface area contributed by atoms with Gasteiger partial charge in [-0.3, -0.25) is 0 Å². The maximum atomic E-state index is 6.48. The van der Waals surface area contributed by atoms with Crippen LogP contribution < -0.4 is 10.6 Å². The van der Waals surface area contributed by atoms with Crippen molar-refractivity contribution in [2.45, 2.75) is 49.9 Å². The topological polar surface area (TPSA) is 37.0 Å². The zero-order valence-corrected chi connectivity index (χ0v) is 16.7. The lowest BCUT2D eigenvalue weighted by molar-refractivity contribution is 0.711. The van der Waals surface area contributed by atoms with E-state index in [9.17, 15) is 0 Å². The number of rotatable bonds is 4. The number of pyridine rings is 1. The molecule has 3 nitrogen and oxygen atoms in total. The summed E-state index contributed by atoms with van der Waals surface area (Å²) in [6, 6.07) is 8.42. The SMILES string of the molecule is CC(C)(C)Sc1ccc(CNc2c(Cl)ccc3c2CCNCC3)cn1. The van der Waals surface area contributed by atoms with Crippen molar-refractivity contribution in [3.05, 3.63) is 52.2 Å². The van der Waals surface area contributed by atoms with E-state index in [-0.39, 0.29) is 4.75 Å². The molecule has 25 heavy (non-hydrogen) atoms. The van der Waals surface area contributed by atoms with Gasteiger partial charge in [-0.1, -0.05) is 44.5 Å². The summed E-state index contributed by atoms with van der Waals surface area (Å²) in [6.45, 7) is 9.37. The second kappa shape index (κ2) is 7.98. The molecule has 0 saturated heterocycles. The Hall–Kier alpha value is -1.23. The van der Waals surface area contributed by atoms with Crippen LogP contribution in [0.1, 0.15) is 37.5 Å². The highest BCUT2D eigenvalue weighted by atomic mass is 35.5. The van der Waals surface area contributed by atoms with E-state index in [1.807, 2.05) is 12.3 Å². The first kappa shape index (κ1) is 18.6. The monoisotopic (exact) mass is 375 g/mol. The number of anilines is 1. The summed E-state index contributed by atoms with van der Waals surface area (Å²) in [5.74, 6) is 0. The van der Waals surface area contributed by atoms with Gasteiger partial charge < -0.3 is 10.6 Å². The highest BCUT2D eigenvalue weighted by Crippen LogP contribution is 2.32. The molecule has 0 saturated carbocycles. The summed E-state index contributed by atoms with van der Waals surface area (Å²) in [5.41, 5.74) is 4.99. The van der Waals surface area contributed by atoms with Crippen molar-refractivity contribution in [1.29, 1.82) is 0 Å². The van der Waals surface area contributed by atoms with Crippen LogP contribution in [0.3, 0.4) is 0 Å². The summed E-state index contributed by atoms with van der Waals surface area (Å²) < 4.78 is 0.177. The van der Waals surface area contributed by atoms with E-state index in [0.29, 0.717) is 0 Å². The summed E-state index contributed by atoms with van der Waals surface area (Å²) in [4.78, 5) is 4.58. The molecule has 0 aliphatic carbocycles. The van der Waals surface area contributed by atoms with Gasteiger partial charge >= 0.3 is 0 Å². The van der Waals surface area contributed by atoms with Gasteiger partial charge in [-0.05, 0) is 54.8 Å². The van der Waals surface area contributed by atoms with Crippen molar-refractivity contribution in [3.63, 3.8) is 0 Å². The second-order valence-electron chi connectivity index (χ2n) is 7.38. The first-order chi connectivity index (χ1) is 11.9. The molecular formula is C20H26ClN3S. The fourth-order valence-electron chi connectivity index (χ4n) is 3.01. The fraction of sp³-hybridized carbons (Fsp3) is 0.450. The first-order valence-electron chi connectivity index (χ1n) is 8.81. The number of aromatic nitrogens is 1. The average Bonchev–Trinajstić information content (AvgIpc) is 2.79. The number of nitrogens with zero attached hydrogens (tertiary/aromatic N) is 1. The Bertz CT molecular complexity index is 723. The minimum absolute atomic E-state index is 0.177. The van der Waals surface area contributed by atoms with Gasteiger partial charge in [0.2, 0.25) is 0 Å². The molecule has 0 atom stereocenters. The average molecular weight is 376 g/mol. The van der Waals surface area contributed by atoms with Crippen LogP contribution in [0.15, 0.2) is 35.5 Å². The molecule has 5 heteroatoms. The van der Waals surface area contributed by atoms with Gasteiger partial charge in [0, 0.05) is 17.5 Å². The quantitative estimate of drug-likeness (QED) is 0.743. The molecular weight excluding hydrogens is 350 g/mol. The zero-order valence-electron chi connectivity index (χ0n) is 15.2. The van der Waals surface area contributed by atoms with Crippen LogP contribution in [-0.4, -0.2) is 22.8 Å². The smallest absolute Gasteiger partial charge is 0.0965 e. The molecule has 134 valence electrons. The zero-order chi connectivity index (χ0) is 17.9. The minimum atomic E-state index is 0.177. The number of hydrogen-bond acceptors (Lipinski definition) is 4. The number of thioether (sulfide) groups is 1. The van der Waals surface area contributed by atoms with E-state index < -0.39 is 0 Å². The van der Waals surface area contributed by atoms with Crippen LogP contribution in [0.5, 0.6) is 0 Å². The van der Waals surface area contributed by atoms with Crippen LogP contribution in [0.25, 0.3) is 0 Å². The maximum absolute atomic E-state index is 6.48. The Morgan fingerprint density at radius 2 is 1.96 bits per heavy atom. The molecule has 1 aliphatic heterocycles. The van der Waals surface area contributed by atoms with E-state index in [1.165, 1.54) is 16.7 Å². The largest absolute Gasteiger partial charge is 0.379 e. The lowest BCUT2D eigenvalue weighted by atomic mass is 10.0. The predicted molar refractivity (Wildman–Crippen MR) is 109 cm³/mol. The molecule has 2 N–H and O–H groups in total. The van der Waals surface area contributed by atoms with Crippen molar-refractivity contribution in [2.24, 2.45) is 0 Å². The van der Waals surface area contributed by atoms with Crippen LogP contribution >= 0.6 is 23.4 Å². The Morgan fingerprint density at radius 3 is 2.68 bits per heavy atom. The minimum Gasteiger partial charge on any atom is -0.379 e. The Kier molecular flexibility index (Phi) is 5.92. The number of nitrogens with one attached hydrogen (secondary N) is 2.